The molecule has 0 aliphatic carbocycles. The number of aromatic nitrogens is 2. The number of hydrogen-bond donors (Lipinski definition) is 1. The average molecular weight is 286 g/mol. The molecule has 1 fully saturated rings. The van der Waals surface area contributed by atoms with Crippen molar-refractivity contribution < 1.29 is 4.52 Å². The van der Waals surface area contributed by atoms with Gasteiger partial charge >= 0.3 is 0 Å². The van der Waals surface area contributed by atoms with Crippen LogP contribution in [0.4, 0.5) is 0 Å². The molecule has 1 aliphatic heterocycles. The van der Waals surface area contributed by atoms with Crippen molar-refractivity contribution in [3.05, 3.63) is 35.7 Å². The Morgan fingerprint density at radius 3 is 2.76 bits per heavy atom. The fourth-order valence-electron chi connectivity index (χ4n) is 2.92. The summed E-state index contributed by atoms with van der Waals surface area (Å²) in [6.07, 6.45) is 1.15. The van der Waals surface area contributed by atoms with E-state index in [-0.39, 0.29) is 0 Å². The minimum absolute atomic E-state index is 0.528. The van der Waals surface area contributed by atoms with Crippen molar-refractivity contribution >= 4 is 0 Å². The molecule has 1 aromatic heterocycles. The quantitative estimate of drug-likeness (QED) is 0.933. The molecule has 21 heavy (non-hydrogen) atoms. The second-order valence-electron chi connectivity index (χ2n) is 6.00. The first-order valence-corrected chi connectivity index (χ1v) is 7.49. The molecule has 2 N–H and O–H groups in total. The monoisotopic (exact) mass is 286 g/mol. The van der Waals surface area contributed by atoms with E-state index in [9.17, 15) is 0 Å². The highest BCUT2D eigenvalue weighted by molar-refractivity contribution is 5.53. The van der Waals surface area contributed by atoms with Crippen molar-refractivity contribution in [2.45, 2.75) is 32.9 Å². The fourth-order valence-corrected chi connectivity index (χ4v) is 2.92. The Morgan fingerprint density at radius 2 is 2.10 bits per heavy atom. The first kappa shape index (κ1) is 14.2. The summed E-state index contributed by atoms with van der Waals surface area (Å²) in [6.45, 7) is 6.79. The fraction of sp³-hybridized carbons (Fsp3) is 0.500. The van der Waals surface area contributed by atoms with Crippen LogP contribution < -0.4 is 5.73 Å². The largest absolute Gasteiger partial charge is 0.334 e. The van der Waals surface area contributed by atoms with Crippen molar-refractivity contribution in [3.63, 3.8) is 0 Å². The van der Waals surface area contributed by atoms with Gasteiger partial charge in [-0.2, -0.15) is 4.98 Å². The Kier molecular flexibility index (Phi) is 4.03. The lowest BCUT2D eigenvalue weighted by Gasteiger charge is -2.18. The first-order chi connectivity index (χ1) is 10.2. The van der Waals surface area contributed by atoms with E-state index in [0.29, 0.717) is 17.9 Å². The standard InChI is InChI=1S/C16H22N4O/c1-11-3-5-14(6-4-11)16-18-15(19-21-16)10-20-9-13(8-17)7-12(20)2/h3-6,12-13H,7-10,17H2,1-2H3. The van der Waals surface area contributed by atoms with Crippen LogP contribution in [0.3, 0.4) is 0 Å². The van der Waals surface area contributed by atoms with Crippen molar-refractivity contribution in [2.24, 2.45) is 11.7 Å². The van der Waals surface area contributed by atoms with Gasteiger partial charge in [0.1, 0.15) is 0 Å². The van der Waals surface area contributed by atoms with Crippen LogP contribution in [0, 0.1) is 12.8 Å². The van der Waals surface area contributed by atoms with Gasteiger partial charge in [0.05, 0.1) is 6.54 Å². The molecule has 2 heterocycles. The molecule has 2 atom stereocenters. The number of nitrogens with two attached hydrogens (primary N) is 1. The zero-order valence-corrected chi connectivity index (χ0v) is 12.6. The van der Waals surface area contributed by atoms with Gasteiger partial charge in [0.2, 0.25) is 0 Å². The Bertz CT molecular complexity index is 593. The summed E-state index contributed by atoms with van der Waals surface area (Å²) in [6, 6.07) is 8.65. The zero-order valence-electron chi connectivity index (χ0n) is 12.6. The van der Waals surface area contributed by atoms with Gasteiger partial charge in [-0.1, -0.05) is 22.9 Å². The van der Waals surface area contributed by atoms with E-state index in [2.05, 4.69) is 28.9 Å². The molecular weight excluding hydrogens is 264 g/mol. The molecule has 1 aromatic carbocycles. The van der Waals surface area contributed by atoms with Crippen molar-refractivity contribution in [1.29, 1.82) is 0 Å². The Balaban J connectivity index is 1.69. The summed E-state index contributed by atoms with van der Waals surface area (Å²) in [5.41, 5.74) is 7.95. The van der Waals surface area contributed by atoms with Crippen LogP contribution in [-0.4, -0.2) is 34.2 Å². The van der Waals surface area contributed by atoms with Crippen LogP contribution >= 0.6 is 0 Å². The maximum absolute atomic E-state index is 5.77. The highest BCUT2D eigenvalue weighted by atomic mass is 16.5. The second kappa shape index (κ2) is 5.95. The minimum Gasteiger partial charge on any atom is -0.334 e. The number of rotatable bonds is 4. The highest BCUT2D eigenvalue weighted by Crippen LogP contribution is 2.24. The van der Waals surface area contributed by atoms with Gasteiger partial charge in [0.25, 0.3) is 5.89 Å². The summed E-state index contributed by atoms with van der Waals surface area (Å²) < 4.78 is 5.38. The third kappa shape index (κ3) is 3.14. The van der Waals surface area contributed by atoms with E-state index in [1.54, 1.807) is 0 Å². The number of benzene rings is 1. The van der Waals surface area contributed by atoms with Crippen molar-refractivity contribution in [2.75, 3.05) is 13.1 Å². The van der Waals surface area contributed by atoms with Gasteiger partial charge in [-0.3, -0.25) is 4.90 Å². The SMILES string of the molecule is Cc1ccc(-c2nc(CN3CC(CN)CC3C)no2)cc1. The molecule has 1 aliphatic rings. The molecule has 0 bridgehead atoms. The molecule has 5 heteroatoms. The molecule has 3 rings (SSSR count). The normalized spacial score (nSPS) is 22.8. The Hall–Kier alpha value is -1.72. The van der Waals surface area contributed by atoms with Crippen LogP contribution in [0.2, 0.25) is 0 Å². The Morgan fingerprint density at radius 1 is 1.33 bits per heavy atom. The summed E-state index contributed by atoms with van der Waals surface area (Å²) in [5, 5.41) is 4.10. The van der Waals surface area contributed by atoms with Gasteiger partial charge in [-0.05, 0) is 44.9 Å². The number of hydrogen-bond acceptors (Lipinski definition) is 5. The van der Waals surface area contributed by atoms with Crippen molar-refractivity contribution in [3.8, 4) is 11.5 Å². The van der Waals surface area contributed by atoms with Crippen LogP contribution in [0.25, 0.3) is 11.5 Å². The third-order valence-electron chi connectivity index (χ3n) is 4.23. The lowest BCUT2D eigenvalue weighted by molar-refractivity contribution is 0.245. The molecule has 112 valence electrons. The minimum atomic E-state index is 0.528. The van der Waals surface area contributed by atoms with Gasteiger partial charge in [0.15, 0.2) is 5.82 Å². The maximum Gasteiger partial charge on any atom is 0.257 e. The number of nitrogens with zero attached hydrogens (tertiary/aromatic N) is 3. The molecule has 0 spiro atoms. The predicted octanol–water partition coefficient (Wildman–Crippen LogP) is 2.21. The molecule has 0 saturated carbocycles. The zero-order chi connectivity index (χ0) is 14.8. The molecule has 5 nitrogen and oxygen atoms in total. The third-order valence-corrected chi connectivity index (χ3v) is 4.23. The molecule has 0 amide bonds. The molecule has 2 aromatic rings. The highest BCUT2D eigenvalue weighted by Gasteiger charge is 2.29. The van der Waals surface area contributed by atoms with Crippen LogP contribution in [0.1, 0.15) is 24.7 Å². The Labute approximate surface area is 125 Å². The van der Waals surface area contributed by atoms with Gasteiger partial charge in [-0.25, -0.2) is 0 Å². The van der Waals surface area contributed by atoms with Crippen LogP contribution in [-0.2, 0) is 6.54 Å². The average Bonchev–Trinajstić information content (AvgIpc) is 3.08. The number of aryl methyl sites for hydroxylation is 1. The van der Waals surface area contributed by atoms with Gasteiger partial charge in [-0.15, -0.1) is 0 Å². The number of likely N-dealkylation sites (tertiary alicyclic amines) is 1. The molecule has 2 unspecified atom stereocenters. The first-order valence-electron chi connectivity index (χ1n) is 7.49. The van der Waals surface area contributed by atoms with Crippen LogP contribution in [0.15, 0.2) is 28.8 Å². The topological polar surface area (TPSA) is 68.2 Å². The molecular formula is C16H22N4O. The van der Waals surface area contributed by atoms with E-state index in [0.717, 1.165) is 37.4 Å². The second-order valence-corrected chi connectivity index (χ2v) is 6.00. The summed E-state index contributed by atoms with van der Waals surface area (Å²) >= 11 is 0. The maximum atomic E-state index is 5.77. The van der Waals surface area contributed by atoms with Crippen molar-refractivity contribution in [1.82, 2.24) is 15.0 Å². The summed E-state index contributed by atoms with van der Waals surface area (Å²) in [7, 11) is 0. The lowest BCUT2D eigenvalue weighted by Crippen LogP contribution is -2.27. The van der Waals surface area contributed by atoms with Gasteiger partial charge < -0.3 is 10.3 Å². The van der Waals surface area contributed by atoms with E-state index in [1.807, 2.05) is 24.3 Å². The van der Waals surface area contributed by atoms with E-state index in [1.165, 1.54) is 5.56 Å². The molecule has 1 saturated heterocycles. The summed E-state index contributed by atoms with van der Waals surface area (Å²) in [5.74, 6) is 1.92. The van der Waals surface area contributed by atoms with Crippen LogP contribution in [0.5, 0.6) is 0 Å². The smallest absolute Gasteiger partial charge is 0.257 e. The van der Waals surface area contributed by atoms with Gasteiger partial charge in [0, 0.05) is 18.2 Å². The van der Waals surface area contributed by atoms with E-state index < -0.39 is 0 Å². The van der Waals surface area contributed by atoms with E-state index >= 15 is 0 Å². The summed E-state index contributed by atoms with van der Waals surface area (Å²) in [4.78, 5) is 6.88. The lowest BCUT2D eigenvalue weighted by atomic mass is 10.1. The predicted molar refractivity (Wildman–Crippen MR) is 81.5 cm³/mol. The molecule has 0 radical (unpaired) electrons. The van der Waals surface area contributed by atoms with E-state index in [4.69, 9.17) is 10.3 Å².